The number of hydrogen-bond acceptors (Lipinski definition) is 7. The van der Waals surface area contributed by atoms with Gasteiger partial charge in [-0.1, -0.05) is 0 Å². The third-order valence-electron chi connectivity index (χ3n) is 5.87. The molecule has 0 N–H and O–H groups in total. The molecule has 3 heterocycles. The lowest BCUT2D eigenvalue weighted by Crippen LogP contribution is -2.61. The van der Waals surface area contributed by atoms with Crippen molar-refractivity contribution in [2.75, 3.05) is 31.7 Å². The van der Waals surface area contributed by atoms with Crippen LogP contribution in [0.2, 0.25) is 0 Å². The molecular weight excluding hydrogens is 438 g/mol. The van der Waals surface area contributed by atoms with Crippen molar-refractivity contribution in [1.29, 1.82) is 0 Å². The second-order valence-corrected chi connectivity index (χ2v) is 7.70. The highest BCUT2D eigenvalue weighted by atomic mass is 19.3. The molecule has 1 aliphatic heterocycles. The first kappa shape index (κ1) is 22.6. The first-order valence-electron chi connectivity index (χ1n) is 10.4. The van der Waals surface area contributed by atoms with Gasteiger partial charge < -0.3 is 9.47 Å². The van der Waals surface area contributed by atoms with E-state index < -0.39 is 23.8 Å². The molecule has 0 aromatic carbocycles. The van der Waals surface area contributed by atoms with Gasteiger partial charge in [0.05, 0.1) is 19.9 Å². The number of amides is 2. The van der Waals surface area contributed by atoms with Gasteiger partial charge in [0.1, 0.15) is 22.8 Å². The average Bonchev–Trinajstić information content (AvgIpc) is 3.61. The standard InChI is InChI=1S/C22H22F2N4O5/c1-3-33-21(31)28-7-6-27(20(30)22(28)4-5-22)18-9-14(13(12-29)10-26-18)15-8-16(19(23)24)25-11-17(15)32-2/h8-12,19H,3-7H2,1-2H3. The van der Waals surface area contributed by atoms with E-state index >= 15 is 0 Å². The van der Waals surface area contributed by atoms with Crippen LogP contribution in [0.3, 0.4) is 0 Å². The number of hydrogen-bond donors (Lipinski definition) is 0. The van der Waals surface area contributed by atoms with Gasteiger partial charge >= 0.3 is 6.09 Å². The number of methoxy groups -OCH3 is 1. The van der Waals surface area contributed by atoms with E-state index in [2.05, 4.69) is 9.97 Å². The molecule has 4 rings (SSSR count). The van der Waals surface area contributed by atoms with Gasteiger partial charge in [-0.3, -0.25) is 24.4 Å². The van der Waals surface area contributed by atoms with Gasteiger partial charge in [-0.25, -0.2) is 18.6 Å². The molecule has 1 spiro atoms. The second-order valence-electron chi connectivity index (χ2n) is 7.70. The van der Waals surface area contributed by atoms with E-state index in [1.165, 1.54) is 29.2 Å². The Balaban J connectivity index is 1.73. The Hall–Kier alpha value is -3.63. The zero-order valence-corrected chi connectivity index (χ0v) is 18.1. The SMILES string of the molecule is CCOC(=O)N1CCN(c2cc(-c3cc(C(F)F)ncc3OC)c(C=O)cn2)C(=O)C12CC2. The van der Waals surface area contributed by atoms with Crippen LogP contribution in [0.15, 0.2) is 24.5 Å². The molecule has 174 valence electrons. The lowest BCUT2D eigenvalue weighted by Gasteiger charge is -2.40. The Morgan fingerprint density at radius 3 is 2.58 bits per heavy atom. The highest BCUT2D eigenvalue weighted by Gasteiger charge is 2.61. The molecule has 1 saturated heterocycles. The first-order valence-corrected chi connectivity index (χ1v) is 10.4. The van der Waals surface area contributed by atoms with Gasteiger partial charge in [-0.2, -0.15) is 0 Å². The predicted octanol–water partition coefficient (Wildman–Crippen LogP) is 3.24. The molecule has 0 atom stereocenters. The van der Waals surface area contributed by atoms with Crippen molar-refractivity contribution >= 4 is 24.1 Å². The van der Waals surface area contributed by atoms with Crippen LogP contribution in [0, 0.1) is 0 Å². The minimum Gasteiger partial charge on any atom is -0.494 e. The minimum atomic E-state index is -2.82. The molecule has 2 amide bonds. The quantitative estimate of drug-likeness (QED) is 0.610. The molecule has 2 aromatic rings. The molecule has 0 bridgehead atoms. The Bertz CT molecular complexity index is 1110. The number of carbonyl (C=O) groups is 3. The van der Waals surface area contributed by atoms with E-state index in [1.807, 2.05) is 0 Å². The minimum absolute atomic E-state index is 0.141. The van der Waals surface area contributed by atoms with Crippen LogP contribution < -0.4 is 9.64 Å². The number of rotatable bonds is 6. The lowest BCUT2D eigenvalue weighted by molar-refractivity contribution is -0.126. The Labute approximate surface area is 188 Å². The van der Waals surface area contributed by atoms with Crippen molar-refractivity contribution in [3.8, 4) is 16.9 Å². The molecule has 1 saturated carbocycles. The molecule has 0 unspecified atom stereocenters. The van der Waals surface area contributed by atoms with Gasteiger partial charge in [0.15, 0.2) is 6.29 Å². The fraction of sp³-hybridized carbons (Fsp3) is 0.409. The summed E-state index contributed by atoms with van der Waals surface area (Å²) in [5, 5.41) is 0. The van der Waals surface area contributed by atoms with Crippen LogP contribution in [0.25, 0.3) is 11.1 Å². The maximum atomic E-state index is 13.3. The Kier molecular flexibility index (Phi) is 5.96. The van der Waals surface area contributed by atoms with Gasteiger partial charge in [0.2, 0.25) is 0 Å². The number of anilines is 1. The summed E-state index contributed by atoms with van der Waals surface area (Å²) in [5.41, 5.74) is -0.791. The Morgan fingerprint density at radius 1 is 1.21 bits per heavy atom. The highest BCUT2D eigenvalue weighted by Crippen LogP contribution is 2.46. The lowest BCUT2D eigenvalue weighted by atomic mass is 10.0. The second kappa shape index (κ2) is 8.72. The molecule has 2 aromatic heterocycles. The average molecular weight is 460 g/mol. The normalized spacial score (nSPS) is 16.8. The van der Waals surface area contributed by atoms with Crippen molar-refractivity contribution in [3.63, 3.8) is 0 Å². The van der Waals surface area contributed by atoms with E-state index in [9.17, 15) is 23.2 Å². The number of nitrogens with zero attached hydrogens (tertiary/aromatic N) is 4. The fourth-order valence-corrected chi connectivity index (χ4v) is 4.05. The summed E-state index contributed by atoms with van der Waals surface area (Å²) in [4.78, 5) is 48.2. The number of aromatic nitrogens is 2. The van der Waals surface area contributed by atoms with Crippen molar-refractivity contribution in [1.82, 2.24) is 14.9 Å². The third kappa shape index (κ3) is 3.87. The van der Waals surface area contributed by atoms with Crippen LogP contribution in [-0.4, -0.2) is 65.5 Å². The number of pyridine rings is 2. The van der Waals surface area contributed by atoms with E-state index in [1.54, 1.807) is 6.92 Å². The molecular formula is C22H22F2N4O5. The van der Waals surface area contributed by atoms with Gasteiger partial charge in [0, 0.05) is 36.0 Å². The Morgan fingerprint density at radius 2 is 1.97 bits per heavy atom. The molecule has 9 nitrogen and oxygen atoms in total. The van der Waals surface area contributed by atoms with Gasteiger partial charge in [0.25, 0.3) is 12.3 Å². The maximum absolute atomic E-state index is 13.3. The molecule has 2 aliphatic rings. The number of piperazine rings is 1. The molecule has 33 heavy (non-hydrogen) atoms. The number of aldehydes is 1. The monoisotopic (exact) mass is 460 g/mol. The molecule has 2 fully saturated rings. The van der Waals surface area contributed by atoms with Gasteiger partial charge in [-0.05, 0) is 31.9 Å². The number of halogens is 2. The molecule has 0 radical (unpaired) electrons. The largest absolute Gasteiger partial charge is 0.494 e. The van der Waals surface area contributed by atoms with Crippen LogP contribution >= 0.6 is 0 Å². The molecule has 1 aliphatic carbocycles. The summed E-state index contributed by atoms with van der Waals surface area (Å²) in [7, 11) is 1.36. The van der Waals surface area contributed by atoms with Crippen LogP contribution in [0.5, 0.6) is 5.75 Å². The third-order valence-corrected chi connectivity index (χ3v) is 5.87. The number of carbonyl (C=O) groups excluding carboxylic acids is 3. The summed E-state index contributed by atoms with van der Waals surface area (Å²) in [6.07, 6.45) is 0.666. The summed E-state index contributed by atoms with van der Waals surface area (Å²) >= 11 is 0. The van der Waals surface area contributed by atoms with Crippen LogP contribution in [-0.2, 0) is 9.53 Å². The number of ether oxygens (including phenoxy) is 2. The number of alkyl halides is 2. The smallest absolute Gasteiger partial charge is 0.410 e. The van der Waals surface area contributed by atoms with Crippen molar-refractivity contribution < 1.29 is 32.6 Å². The summed E-state index contributed by atoms with van der Waals surface area (Å²) in [6.45, 7) is 2.32. The van der Waals surface area contributed by atoms with Crippen LogP contribution in [0.1, 0.15) is 42.2 Å². The molecule has 11 heteroatoms. The van der Waals surface area contributed by atoms with Crippen molar-refractivity contribution in [3.05, 3.63) is 35.8 Å². The van der Waals surface area contributed by atoms with E-state index in [4.69, 9.17) is 9.47 Å². The topological polar surface area (TPSA) is 102 Å². The fourth-order valence-electron chi connectivity index (χ4n) is 4.05. The van der Waals surface area contributed by atoms with E-state index in [-0.39, 0.29) is 53.9 Å². The summed E-state index contributed by atoms with van der Waals surface area (Å²) in [6, 6.07) is 2.64. The summed E-state index contributed by atoms with van der Waals surface area (Å²) in [5.74, 6) is 0.138. The van der Waals surface area contributed by atoms with Gasteiger partial charge in [-0.15, -0.1) is 0 Å². The van der Waals surface area contributed by atoms with E-state index in [0.29, 0.717) is 19.1 Å². The van der Waals surface area contributed by atoms with E-state index in [0.717, 1.165) is 12.3 Å². The highest BCUT2D eigenvalue weighted by molar-refractivity contribution is 6.05. The predicted molar refractivity (Wildman–Crippen MR) is 112 cm³/mol. The zero-order valence-electron chi connectivity index (χ0n) is 18.1. The van der Waals surface area contributed by atoms with Crippen LogP contribution in [0.4, 0.5) is 19.4 Å². The van der Waals surface area contributed by atoms with Crippen molar-refractivity contribution in [2.24, 2.45) is 0 Å². The zero-order chi connectivity index (χ0) is 23.8. The maximum Gasteiger partial charge on any atom is 0.410 e. The van der Waals surface area contributed by atoms with Crippen molar-refractivity contribution in [2.45, 2.75) is 31.7 Å². The summed E-state index contributed by atoms with van der Waals surface area (Å²) < 4.78 is 36.9. The first-order chi connectivity index (χ1) is 15.9.